The lowest BCUT2D eigenvalue weighted by Gasteiger charge is -2.35. The highest BCUT2D eigenvalue weighted by atomic mass is 35.5. The summed E-state index contributed by atoms with van der Waals surface area (Å²) in [4.78, 5) is 29.4. The van der Waals surface area contributed by atoms with Crippen molar-refractivity contribution >= 4 is 29.3 Å². The van der Waals surface area contributed by atoms with Crippen LogP contribution in [0.2, 0.25) is 5.02 Å². The summed E-state index contributed by atoms with van der Waals surface area (Å²) in [6.45, 7) is 2.42. The van der Waals surface area contributed by atoms with Gasteiger partial charge in [-0.1, -0.05) is 23.7 Å². The normalized spacial score (nSPS) is 18.0. The maximum Gasteiger partial charge on any atom is 0.260 e. The second kappa shape index (κ2) is 6.81. The first-order valence-corrected chi connectivity index (χ1v) is 8.93. The highest BCUT2D eigenvalue weighted by molar-refractivity contribution is 7.99. The van der Waals surface area contributed by atoms with Crippen molar-refractivity contribution in [1.82, 2.24) is 9.88 Å². The molecule has 0 radical (unpaired) electrons. The first kappa shape index (κ1) is 16.1. The Kier molecular flexibility index (Phi) is 4.78. The van der Waals surface area contributed by atoms with Crippen molar-refractivity contribution in [2.75, 3.05) is 18.1 Å². The fourth-order valence-electron chi connectivity index (χ4n) is 2.70. The quantitative estimate of drug-likeness (QED) is 0.906. The van der Waals surface area contributed by atoms with E-state index in [0.717, 1.165) is 22.8 Å². The third kappa shape index (κ3) is 3.46. The van der Waals surface area contributed by atoms with E-state index < -0.39 is 0 Å². The molecular formula is C17H17ClN2O2S. The molecule has 0 saturated carbocycles. The molecule has 6 heteroatoms. The molecule has 3 rings (SSSR count). The van der Waals surface area contributed by atoms with E-state index in [1.807, 2.05) is 36.0 Å². The average Bonchev–Trinajstić information content (AvgIpc) is 2.55. The lowest BCUT2D eigenvalue weighted by molar-refractivity contribution is 0.0699. The van der Waals surface area contributed by atoms with Gasteiger partial charge in [-0.25, -0.2) is 0 Å². The Balaban J connectivity index is 1.93. The first-order valence-electron chi connectivity index (χ1n) is 7.40. The number of hydrogen-bond acceptors (Lipinski definition) is 3. The molecule has 1 aromatic carbocycles. The average molecular weight is 349 g/mol. The molecule has 1 saturated heterocycles. The SMILES string of the molecule is Cc1ccc(C(=O)N2CCSC[C@H]2c2ccc(Cl)cc2)c(=O)[nH]1. The Morgan fingerprint density at radius 3 is 2.70 bits per heavy atom. The molecule has 2 aromatic rings. The number of hydrogen-bond donors (Lipinski definition) is 1. The number of H-pyrrole nitrogens is 1. The molecule has 120 valence electrons. The lowest BCUT2D eigenvalue weighted by Crippen LogP contribution is -2.42. The Hall–Kier alpha value is -1.72. The standard InChI is InChI=1S/C17H17ClN2O2S/c1-11-2-7-14(16(21)19-11)17(22)20-8-9-23-10-15(20)12-3-5-13(18)6-4-12/h2-7,15H,8-10H2,1H3,(H,19,21)/t15-/m0/s1. The number of nitrogens with one attached hydrogen (secondary N) is 1. The number of pyridine rings is 1. The van der Waals surface area contributed by atoms with Gasteiger partial charge in [0.15, 0.2) is 0 Å². The van der Waals surface area contributed by atoms with E-state index in [1.165, 1.54) is 0 Å². The molecule has 0 bridgehead atoms. The summed E-state index contributed by atoms with van der Waals surface area (Å²) < 4.78 is 0. The van der Waals surface area contributed by atoms with E-state index in [9.17, 15) is 9.59 Å². The molecule has 1 fully saturated rings. The fraction of sp³-hybridized carbons (Fsp3) is 0.294. The zero-order valence-electron chi connectivity index (χ0n) is 12.7. The summed E-state index contributed by atoms with van der Waals surface area (Å²) in [7, 11) is 0. The second-order valence-corrected chi connectivity index (χ2v) is 7.11. The maximum atomic E-state index is 12.9. The van der Waals surface area contributed by atoms with Gasteiger partial charge in [0, 0.05) is 28.8 Å². The Morgan fingerprint density at radius 1 is 1.26 bits per heavy atom. The minimum atomic E-state index is -0.330. The van der Waals surface area contributed by atoms with Crippen LogP contribution in [0.15, 0.2) is 41.2 Å². The number of benzene rings is 1. The monoisotopic (exact) mass is 348 g/mol. The first-order chi connectivity index (χ1) is 11.1. The van der Waals surface area contributed by atoms with E-state index in [0.29, 0.717) is 11.6 Å². The van der Waals surface area contributed by atoms with Gasteiger partial charge in [0.25, 0.3) is 11.5 Å². The molecule has 1 atom stereocenters. The number of amides is 1. The van der Waals surface area contributed by atoms with Gasteiger partial charge in [0.2, 0.25) is 0 Å². The van der Waals surface area contributed by atoms with E-state index >= 15 is 0 Å². The van der Waals surface area contributed by atoms with Crippen molar-refractivity contribution in [3.63, 3.8) is 0 Å². The molecule has 2 heterocycles. The van der Waals surface area contributed by atoms with Gasteiger partial charge >= 0.3 is 0 Å². The number of aromatic nitrogens is 1. The summed E-state index contributed by atoms with van der Waals surface area (Å²) in [5, 5.41) is 0.671. The van der Waals surface area contributed by atoms with Crippen LogP contribution in [0.5, 0.6) is 0 Å². The van der Waals surface area contributed by atoms with Gasteiger partial charge in [0.05, 0.1) is 6.04 Å². The lowest BCUT2D eigenvalue weighted by atomic mass is 10.1. The summed E-state index contributed by atoms with van der Waals surface area (Å²) in [6.07, 6.45) is 0. The van der Waals surface area contributed by atoms with Gasteiger partial charge in [0.1, 0.15) is 5.56 Å². The van der Waals surface area contributed by atoms with Crippen molar-refractivity contribution in [3.8, 4) is 0 Å². The summed E-state index contributed by atoms with van der Waals surface area (Å²) in [6, 6.07) is 10.9. The minimum Gasteiger partial charge on any atom is -0.330 e. The molecular weight excluding hydrogens is 332 g/mol. The number of nitrogens with zero attached hydrogens (tertiary/aromatic N) is 1. The van der Waals surface area contributed by atoms with Gasteiger partial charge in [-0.05, 0) is 36.8 Å². The molecule has 1 N–H and O–H groups in total. The highest BCUT2D eigenvalue weighted by Gasteiger charge is 2.30. The number of carbonyl (C=O) groups is 1. The molecule has 23 heavy (non-hydrogen) atoms. The zero-order valence-corrected chi connectivity index (χ0v) is 14.3. The van der Waals surface area contributed by atoms with Crippen LogP contribution < -0.4 is 5.56 Å². The van der Waals surface area contributed by atoms with Crippen LogP contribution in [0.3, 0.4) is 0 Å². The zero-order chi connectivity index (χ0) is 16.4. The molecule has 0 unspecified atom stereocenters. The number of halogens is 1. The van der Waals surface area contributed by atoms with Crippen LogP contribution in [-0.4, -0.2) is 33.8 Å². The largest absolute Gasteiger partial charge is 0.330 e. The summed E-state index contributed by atoms with van der Waals surface area (Å²) in [5.74, 6) is 1.48. The number of thioether (sulfide) groups is 1. The van der Waals surface area contributed by atoms with Crippen LogP contribution in [0.25, 0.3) is 0 Å². The summed E-state index contributed by atoms with van der Waals surface area (Å²) in [5.41, 5.74) is 1.65. The van der Waals surface area contributed by atoms with Gasteiger partial charge in [-0.3, -0.25) is 9.59 Å². The topological polar surface area (TPSA) is 53.2 Å². The highest BCUT2D eigenvalue weighted by Crippen LogP contribution is 2.31. The number of carbonyl (C=O) groups excluding carboxylic acids is 1. The molecule has 0 spiro atoms. The smallest absolute Gasteiger partial charge is 0.260 e. The number of rotatable bonds is 2. The molecule has 1 aliphatic rings. The third-order valence-electron chi connectivity index (χ3n) is 3.93. The van der Waals surface area contributed by atoms with Crippen molar-refractivity contribution < 1.29 is 4.79 Å². The predicted octanol–water partition coefficient (Wildman–Crippen LogP) is 3.27. The third-order valence-corrected chi connectivity index (χ3v) is 5.20. The van der Waals surface area contributed by atoms with E-state index in [1.54, 1.807) is 24.0 Å². The van der Waals surface area contributed by atoms with E-state index in [-0.39, 0.29) is 23.1 Å². The van der Waals surface area contributed by atoms with Crippen molar-refractivity contribution in [2.45, 2.75) is 13.0 Å². The van der Waals surface area contributed by atoms with Crippen molar-refractivity contribution in [1.29, 1.82) is 0 Å². The van der Waals surface area contributed by atoms with E-state index in [4.69, 9.17) is 11.6 Å². The van der Waals surface area contributed by atoms with Crippen molar-refractivity contribution in [2.24, 2.45) is 0 Å². The maximum absolute atomic E-state index is 12.9. The Bertz CT molecular complexity index is 773. The summed E-state index contributed by atoms with van der Waals surface area (Å²) >= 11 is 7.76. The number of aromatic amines is 1. The minimum absolute atomic E-state index is 0.0424. The van der Waals surface area contributed by atoms with Gasteiger partial charge < -0.3 is 9.88 Å². The molecule has 1 aromatic heterocycles. The molecule has 1 aliphatic heterocycles. The fourth-order valence-corrected chi connectivity index (χ4v) is 3.92. The molecule has 4 nitrogen and oxygen atoms in total. The molecule has 1 amide bonds. The van der Waals surface area contributed by atoms with Crippen molar-refractivity contribution in [3.05, 3.63) is 68.6 Å². The van der Waals surface area contributed by atoms with E-state index in [2.05, 4.69) is 4.98 Å². The van der Waals surface area contributed by atoms with Crippen LogP contribution in [0.4, 0.5) is 0 Å². The Morgan fingerprint density at radius 2 is 2.00 bits per heavy atom. The van der Waals surface area contributed by atoms with Crippen LogP contribution in [0.1, 0.15) is 27.7 Å². The van der Waals surface area contributed by atoms with Crippen LogP contribution in [-0.2, 0) is 0 Å². The molecule has 0 aliphatic carbocycles. The van der Waals surface area contributed by atoms with Gasteiger partial charge in [-0.2, -0.15) is 11.8 Å². The predicted molar refractivity (Wildman–Crippen MR) is 94.4 cm³/mol. The number of aryl methyl sites for hydroxylation is 1. The van der Waals surface area contributed by atoms with Gasteiger partial charge in [-0.15, -0.1) is 0 Å². The second-order valence-electron chi connectivity index (χ2n) is 5.52. The Labute approximate surface area is 143 Å². The van der Waals surface area contributed by atoms with Crippen LogP contribution in [0, 0.1) is 6.92 Å². The van der Waals surface area contributed by atoms with Crippen LogP contribution >= 0.6 is 23.4 Å².